The first-order valence-electron chi connectivity index (χ1n) is 5.93. The van der Waals surface area contributed by atoms with Crippen LogP contribution in [0.25, 0.3) is 0 Å². The Bertz CT molecular complexity index is 533. The predicted octanol–water partition coefficient (Wildman–Crippen LogP) is 2.60. The Morgan fingerprint density at radius 3 is 2.68 bits per heavy atom. The predicted molar refractivity (Wildman–Crippen MR) is 78.7 cm³/mol. The summed E-state index contributed by atoms with van der Waals surface area (Å²) < 4.78 is 6.29. The van der Waals surface area contributed by atoms with E-state index in [-0.39, 0.29) is 6.04 Å². The van der Waals surface area contributed by atoms with Crippen LogP contribution in [0.15, 0.2) is 47.2 Å². The zero-order chi connectivity index (χ0) is 13.7. The molecule has 2 rings (SSSR count). The summed E-state index contributed by atoms with van der Waals surface area (Å²) in [7, 11) is 1.66. The fourth-order valence-electron chi connectivity index (χ4n) is 1.92. The lowest BCUT2D eigenvalue weighted by Gasteiger charge is -2.17. The van der Waals surface area contributed by atoms with Crippen molar-refractivity contribution in [3.05, 3.63) is 58.3 Å². The first kappa shape index (κ1) is 14.0. The highest BCUT2D eigenvalue weighted by atomic mass is 79.9. The Kier molecular flexibility index (Phi) is 4.90. The van der Waals surface area contributed by atoms with Crippen LogP contribution in [0, 0.1) is 0 Å². The molecule has 1 heterocycles. The molecule has 100 valence electrons. The second-order valence-corrected chi connectivity index (χ2v) is 5.02. The van der Waals surface area contributed by atoms with Gasteiger partial charge >= 0.3 is 0 Å². The van der Waals surface area contributed by atoms with Crippen molar-refractivity contribution in [3.63, 3.8) is 0 Å². The summed E-state index contributed by atoms with van der Waals surface area (Å²) in [5, 5.41) is 0. The van der Waals surface area contributed by atoms with E-state index >= 15 is 0 Å². The Morgan fingerprint density at radius 1 is 1.32 bits per heavy atom. The molecular weight excluding hydrogens is 306 g/mol. The molecule has 4 nitrogen and oxygen atoms in total. The molecular formula is C14H16BrN3O. The molecule has 0 aliphatic rings. The molecule has 2 aromatic rings. The lowest BCUT2D eigenvalue weighted by atomic mass is 10.0. The van der Waals surface area contributed by atoms with Crippen molar-refractivity contribution in [1.82, 2.24) is 10.4 Å². The van der Waals surface area contributed by atoms with Crippen molar-refractivity contribution in [2.75, 3.05) is 7.11 Å². The Hall–Kier alpha value is -1.43. The lowest BCUT2D eigenvalue weighted by Crippen LogP contribution is -2.29. The van der Waals surface area contributed by atoms with Crippen LogP contribution in [0.2, 0.25) is 0 Å². The summed E-state index contributed by atoms with van der Waals surface area (Å²) in [6, 6.07) is 9.86. The highest BCUT2D eigenvalue weighted by Gasteiger charge is 2.13. The van der Waals surface area contributed by atoms with E-state index in [0.717, 1.165) is 27.8 Å². The number of nitrogens with zero attached hydrogens (tertiary/aromatic N) is 1. The molecule has 0 fully saturated rings. The Labute approximate surface area is 121 Å². The van der Waals surface area contributed by atoms with Gasteiger partial charge in [-0.05, 0) is 47.9 Å². The second-order valence-electron chi connectivity index (χ2n) is 4.16. The van der Waals surface area contributed by atoms with E-state index in [1.54, 1.807) is 19.5 Å². The highest BCUT2D eigenvalue weighted by molar-refractivity contribution is 9.10. The number of hydrazine groups is 1. The van der Waals surface area contributed by atoms with Crippen molar-refractivity contribution < 1.29 is 4.74 Å². The zero-order valence-electron chi connectivity index (χ0n) is 10.6. The minimum atomic E-state index is 0.0337. The van der Waals surface area contributed by atoms with Crippen molar-refractivity contribution in [2.45, 2.75) is 12.5 Å². The number of methoxy groups -OCH3 is 1. The maximum atomic E-state index is 5.66. The van der Waals surface area contributed by atoms with Crippen LogP contribution in [0.3, 0.4) is 0 Å². The van der Waals surface area contributed by atoms with E-state index in [2.05, 4.69) is 26.3 Å². The topological polar surface area (TPSA) is 60.2 Å². The summed E-state index contributed by atoms with van der Waals surface area (Å²) in [4.78, 5) is 4.02. The smallest absolute Gasteiger partial charge is 0.119 e. The molecule has 1 aromatic heterocycles. The molecule has 0 saturated carbocycles. The number of hydrogen-bond donors (Lipinski definition) is 2. The highest BCUT2D eigenvalue weighted by Crippen LogP contribution is 2.27. The molecule has 0 bridgehead atoms. The van der Waals surface area contributed by atoms with Crippen LogP contribution in [-0.4, -0.2) is 12.1 Å². The van der Waals surface area contributed by atoms with Gasteiger partial charge in [-0.25, -0.2) is 0 Å². The number of pyridine rings is 1. The van der Waals surface area contributed by atoms with Gasteiger partial charge in [-0.1, -0.05) is 15.9 Å². The number of rotatable bonds is 5. The number of aromatic nitrogens is 1. The van der Waals surface area contributed by atoms with Crippen LogP contribution >= 0.6 is 15.9 Å². The Morgan fingerprint density at radius 2 is 2.05 bits per heavy atom. The number of nitrogens with one attached hydrogen (secondary N) is 1. The quantitative estimate of drug-likeness (QED) is 0.656. The van der Waals surface area contributed by atoms with Gasteiger partial charge in [0.1, 0.15) is 5.75 Å². The number of nitrogens with two attached hydrogens (primary N) is 1. The molecule has 0 saturated heterocycles. The fourth-order valence-corrected chi connectivity index (χ4v) is 2.33. The molecule has 3 N–H and O–H groups in total. The van der Waals surface area contributed by atoms with Gasteiger partial charge in [-0.2, -0.15) is 0 Å². The molecule has 1 aromatic carbocycles. The summed E-state index contributed by atoms with van der Waals surface area (Å²) in [5.41, 5.74) is 5.08. The fraction of sp³-hybridized carbons (Fsp3) is 0.214. The zero-order valence-corrected chi connectivity index (χ0v) is 12.2. The lowest BCUT2D eigenvalue weighted by molar-refractivity contribution is 0.413. The van der Waals surface area contributed by atoms with Crippen LogP contribution in [0.1, 0.15) is 17.2 Å². The maximum Gasteiger partial charge on any atom is 0.119 e. The third-order valence-corrected chi connectivity index (χ3v) is 3.76. The van der Waals surface area contributed by atoms with E-state index in [1.807, 2.05) is 30.3 Å². The van der Waals surface area contributed by atoms with Gasteiger partial charge < -0.3 is 4.74 Å². The van der Waals surface area contributed by atoms with Gasteiger partial charge in [0.2, 0.25) is 0 Å². The van der Waals surface area contributed by atoms with Gasteiger partial charge in [-0.3, -0.25) is 16.3 Å². The standard InChI is InChI=1S/C14H16BrN3O/c1-19-12-2-3-13(15)11(8-12)9-14(18-16)10-4-6-17-7-5-10/h2-8,14,18H,9,16H2,1H3. The minimum Gasteiger partial charge on any atom is -0.497 e. The molecule has 0 radical (unpaired) electrons. The molecule has 0 aliphatic heterocycles. The largest absolute Gasteiger partial charge is 0.497 e. The SMILES string of the molecule is COc1ccc(Br)c(CC(NN)c2ccncc2)c1. The molecule has 0 aliphatic carbocycles. The summed E-state index contributed by atoms with van der Waals surface area (Å²) in [5.74, 6) is 6.49. The van der Waals surface area contributed by atoms with Crippen molar-refractivity contribution >= 4 is 15.9 Å². The molecule has 1 unspecified atom stereocenters. The van der Waals surface area contributed by atoms with Gasteiger partial charge in [0.05, 0.1) is 13.2 Å². The number of halogens is 1. The maximum absolute atomic E-state index is 5.66. The van der Waals surface area contributed by atoms with Crippen molar-refractivity contribution in [3.8, 4) is 5.75 Å². The molecule has 19 heavy (non-hydrogen) atoms. The third-order valence-electron chi connectivity index (χ3n) is 2.99. The van der Waals surface area contributed by atoms with E-state index in [0.29, 0.717) is 0 Å². The van der Waals surface area contributed by atoms with Crippen molar-refractivity contribution in [1.29, 1.82) is 0 Å². The van der Waals surface area contributed by atoms with Crippen LogP contribution in [0.4, 0.5) is 0 Å². The number of benzene rings is 1. The summed E-state index contributed by atoms with van der Waals surface area (Å²) in [6.07, 6.45) is 4.29. The van der Waals surface area contributed by atoms with Crippen LogP contribution in [0.5, 0.6) is 5.75 Å². The monoisotopic (exact) mass is 321 g/mol. The average Bonchev–Trinajstić information content (AvgIpc) is 2.47. The molecule has 0 spiro atoms. The van der Waals surface area contributed by atoms with Crippen molar-refractivity contribution in [2.24, 2.45) is 5.84 Å². The van der Waals surface area contributed by atoms with E-state index in [1.165, 1.54) is 0 Å². The number of hydrogen-bond acceptors (Lipinski definition) is 4. The van der Waals surface area contributed by atoms with Crippen LogP contribution < -0.4 is 16.0 Å². The normalized spacial score (nSPS) is 12.2. The minimum absolute atomic E-state index is 0.0337. The molecule has 1 atom stereocenters. The van der Waals surface area contributed by atoms with E-state index in [4.69, 9.17) is 10.6 Å². The number of ether oxygens (including phenoxy) is 1. The van der Waals surface area contributed by atoms with Crippen LogP contribution in [-0.2, 0) is 6.42 Å². The van der Waals surface area contributed by atoms with Gasteiger partial charge in [0, 0.05) is 16.9 Å². The average molecular weight is 322 g/mol. The summed E-state index contributed by atoms with van der Waals surface area (Å²) >= 11 is 3.55. The Balaban J connectivity index is 2.23. The molecule has 5 heteroatoms. The first-order chi connectivity index (χ1) is 9.24. The molecule has 0 amide bonds. The van der Waals surface area contributed by atoms with Gasteiger partial charge in [0.25, 0.3) is 0 Å². The van der Waals surface area contributed by atoms with E-state index in [9.17, 15) is 0 Å². The third kappa shape index (κ3) is 3.53. The van der Waals surface area contributed by atoms with E-state index < -0.39 is 0 Å². The van der Waals surface area contributed by atoms with Gasteiger partial charge in [0.15, 0.2) is 0 Å². The second kappa shape index (κ2) is 6.65. The first-order valence-corrected chi connectivity index (χ1v) is 6.72. The summed E-state index contributed by atoms with van der Waals surface area (Å²) in [6.45, 7) is 0. The van der Waals surface area contributed by atoms with Gasteiger partial charge in [-0.15, -0.1) is 0 Å².